The molecular formula is C14H30O5. The van der Waals surface area contributed by atoms with Crippen LogP contribution in [-0.4, -0.2) is 56.1 Å². The summed E-state index contributed by atoms with van der Waals surface area (Å²) in [5, 5.41) is 49.5. The van der Waals surface area contributed by atoms with Gasteiger partial charge in [0.1, 0.15) is 0 Å². The van der Waals surface area contributed by atoms with Crippen LogP contribution in [0.4, 0.5) is 0 Å². The van der Waals surface area contributed by atoms with Gasteiger partial charge < -0.3 is 25.5 Å². The van der Waals surface area contributed by atoms with Gasteiger partial charge in [0.05, 0.1) is 23.9 Å². The van der Waals surface area contributed by atoms with E-state index < -0.39 is 28.6 Å². The Kier molecular flexibility index (Phi) is 6.43. The van der Waals surface area contributed by atoms with Crippen LogP contribution in [0.5, 0.6) is 0 Å². The van der Waals surface area contributed by atoms with Gasteiger partial charge in [-0.25, -0.2) is 0 Å². The molecule has 3 atom stereocenters. The second-order valence-corrected chi connectivity index (χ2v) is 6.92. The average molecular weight is 278 g/mol. The molecule has 5 heteroatoms. The molecule has 5 N–H and O–H groups in total. The summed E-state index contributed by atoms with van der Waals surface area (Å²) in [6, 6.07) is 0. The van der Waals surface area contributed by atoms with Gasteiger partial charge in [0.2, 0.25) is 0 Å². The predicted octanol–water partition coefficient (Wildman–Crippen LogP) is 0.276. The summed E-state index contributed by atoms with van der Waals surface area (Å²) in [4.78, 5) is 0. The second kappa shape index (κ2) is 6.50. The van der Waals surface area contributed by atoms with Gasteiger partial charge in [0.15, 0.2) is 0 Å². The van der Waals surface area contributed by atoms with Gasteiger partial charge in [0.25, 0.3) is 0 Å². The van der Waals surface area contributed by atoms with Crippen molar-refractivity contribution in [2.24, 2.45) is 11.3 Å². The van der Waals surface area contributed by atoms with E-state index in [0.29, 0.717) is 0 Å². The molecule has 0 spiro atoms. The summed E-state index contributed by atoms with van der Waals surface area (Å²) in [6.45, 7) is 7.52. The third-order valence-corrected chi connectivity index (χ3v) is 3.82. The summed E-state index contributed by atoms with van der Waals surface area (Å²) in [7, 11) is 0. The van der Waals surface area contributed by atoms with Gasteiger partial charge in [-0.3, -0.25) is 0 Å². The van der Waals surface area contributed by atoms with Gasteiger partial charge in [-0.2, -0.15) is 0 Å². The topological polar surface area (TPSA) is 101 Å². The zero-order chi connectivity index (χ0) is 15.5. The van der Waals surface area contributed by atoms with Crippen LogP contribution in [0.1, 0.15) is 47.5 Å². The summed E-state index contributed by atoms with van der Waals surface area (Å²) in [5.74, 6) is -0.635. The van der Waals surface area contributed by atoms with Gasteiger partial charge in [-0.15, -0.1) is 0 Å². The lowest BCUT2D eigenvalue weighted by Gasteiger charge is -2.48. The molecule has 116 valence electrons. The minimum Gasteiger partial charge on any atom is -0.396 e. The highest BCUT2D eigenvalue weighted by Gasteiger charge is 2.50. The van der Waals surface area contributed by atoms with E-state index in [4.69, 9.17) is 0 Å². The third kappa shape index (κ3) is 5.00. The fraction of sp³-hybridized carbons (Fsp3) is 1.00. The lowest BCUT2D eigenvalue weighted by atomic mass is 9.63. The zero-order valence-electron chi connectivity index (χ0n) is 12.7. The Morgan fingerprint density at radius 1 is 0.947 bits per heavy atom. The minimum absolute atomic E-state index is 0.0296. The smallest absolute Gasteiger partial charge is 0.0795 e. The predicted molar refractivity (Wildman–Crippen MR) is 73.6 cm³/mol. The fourth-order valence-corrected chi connectivity index (χ4v) is 2.57. The second-order valence-electron chi connectivity index (χ2n) is 6.92. The first-order chi connectivity index (χ1) is 8.39. The highest BCUT2D eigenvalue weighted by atomic mass is 16.3. The van der Waals surface area contributed by atoms with Crippen LogP contribution in [0.15, 0.2) is 0 Å². The van der Waals surface area contributed by atoms with Crippen molar-refractivity contribution >= 4 is 0 Å². The molecule has 0 aromatic heterocycles. The molecule has 0 bridgehead atoms. The molecule has 0 saturated carbocycles. The van der Waals surface area contributed by atoms with Crippen LogP contribution in [0, 0.1) is 11.3 Å². The summed E-state index contributed by atoms with van der Waals surface area (Å²) >= 11 is 0. The van der Waals surface area contributed by atoms with Gasteiger partial charge >= 0.3 is 0 Å². The Labute approximate surface area is 115 Å². The van der Waals surface area contributed by atoms with Crippen molar-refractivity contribution in [2.45, 2.75) is 64.8 Å². The van der Waals surface area contributed by atoms with E-state index in [1.807, 2.05) is 0 Å². The average Bonchev–Trinajstić information content (AvgIpc) is 2.23. The molecule has 0 heterocycles. The van der Waals surface area contributed by atoms with Gasteiger partial charge in [0, 0.05) is 24.4 Å². The molecule has 0 saturated heterocycles. The van der Waals surface area contributed by atoms with E-state index in [-0.39, 0.29) is 26.1 Å². The van der Waals surface area contributed by atoms with Crippen LogP contribution in [-0.2, 0) is 0 Å². The molecule has 3 unspecified atom stereocenters. The Morgan fingerprint density at radius 3 is 1.68 bits per heavy atom. The lowest BCUT2D eigenvalue weighted by Crippen LogP contribution is -2.56. The Balaban J connectivity index is 5.43. The van der Waals surface area contributed by atoms with Crippen LogP contribution in [0.3, 0.4) is 0 Å². The highest BCUT2D eigenvalue weighted by Crippen LogP contribution is 2.43. The van der Waals surface area contributed by atoms with Crippen molar-refractivity contribution in [1.29, 1.82) is 0 Å². The number of aliphatic hydroxyl groups excluding tert-OH is 3. The first-order valence-electron chi connectivity index (χ1n) is 6.74. The molecule has 19 heavy (non-hydrogen) atoms. The number of rotatable bonds is 8. The molecule has 0 aliphatic heterocycles. The molecular weight excluding hydrogens is 248 g/mol. The largest absolute Gasteiger partial charge is 0.396 e. The Hall–Kier alpha value is -0.200. The Morgan fingerprint density at radius 2 is 1.42 bits per heavy atom. The van der Waals surface area contributed by atoms with E-state index in [1.165, 1.54) is 0 Å². The minimum atomic E-state index is -1.47. The normalized spacial score (nSPS) is 19.9. The molecule has 0 aliphatic carbocycles. The van der Waals surface area contributed by atoms with Gasteiger partial charge in [-0.1, -0.05) is 13.8 Å². The molecule has 0 amide bonds. The summed E-state index contributed by atoms with van der Waals surface area (Å²) < 4.78 is 0. The number of aliphatic hydroxyl groups is 5. The number of hydrogen-bond donors (Lipinski definition) is 5. The highest BCUT2D eigenvalue weighted by molar-refractivity contribution is 5.00. The van der Waals surface area contributed by atoms with Crippen molar-refractivity contribution < 1.29 is 25.5 Å². The van der Waals surface area contributed by atoms with Crippen LogP contribution in [0.25, 0.3) is 0 Å². The standard InChI is InChI=1S/C14H30O5/c1-10(17)6-14(19,12(2,3)9-16)11(8-15)7-13(4,5)18/h10-11,15-19H,6-9H2,1-5H3. The summed E-state index contributed by atoms with van der Waals surface area (Å²) in [5.41, 5.74) is -3.42. The van der Waals surface area contributed by atoms with E-state index in [1.54, 1.807) is 34.6 Å². The molecule has 0 radical (unpaired) electrons. The maximum atomic E-state index is 10.9. The van der Waals surface area contributed by atoms with E-state index >= 15 is 0 Å². The fourth-order valence-electron chi connectivity index (χ4n) is 2.57. The van der Waals surface area contributed by atoms with E-state index in [0.717, 1.165) is 0 Å². The SMILES string of the molecule is CC(O)CC(O)(C(CO)CC(C)(C)O)C(C)(C)CO. The van der Waals surface area contributed by atoms with Crippen molar-refractivity contribution in [1.82, 2.24) is 0 Å². The van der Waals surface area contributed by atoms with Crippen LogP contribution >= 0.6 is 0 Å². The molecule has 0 aliphatic rings. The quantitative estimate of drug-likeness (QED) is 0.439. The van der Waals surface area contributed by atoms with E-state index in [2.05, 4.69) is 0 Å². The first kappa shape index (κ1) is 18.8. The molecule has 0 rings (SSSR count). The van der Waals surface area contributed by atoms with E-state index in [9.17, 15) is 25.5 Å². The van der Waals surface area contributed by atoms with Crippen molar-refractivity contribution in [3.8, 4) is 0 Å². The number of hydrogen-bond acceptors (Lipinski definition) is 5. The third-order valence-electron chi connectivity index (χ3n) is 3.82. The maximum absolute atomic E-state index is 10.9. The maximum Gasteiger partial charge on any atom is 0.0795 e. The monoisotopic (exact) mass is 278 g/mol. The Bertz CT molecular complexity index is 270. The molecule has 0 aromatic carbocycles. The lowest BCUT2D eigenvalue weighted by molar-refractivity contribution is -0.170. The molecule has 0 fully saturated rings. The molecule has 5 nitrogen and oxygen atoms in total. The van der Waals surface area contributed by atoms with Crippen molar-refractivity contribution in [2.75, 3.05) is 13.2 Å². The van der Waals surface area contributed by atoms with Gasteiger partial charge in [-0.05, 0) is 27.2 Å². The van der Waals surface area contributed by atoms with Crippen LogP contribution in [0.2, 0.25) is 0 Å². The summed E-state index contributed by atoms with van der Waals surface area (Å²) in [6.07, 6.45) is -0.565. The first-order valence-corrected chi connectivity index (χ1v) is 6.74. The van der Waals surface area contributed by atoms with Crippen LogP contribution < -0.4 is 0 Å². The molecule has 0 aromatic rings. The van der Waals surface area contributed by atoms with Crippen molar-refractivity contribution in [3.05, 3.63) is 0 Å². The van der Waals surface area contributed by atoms with Crippen molar-refractivity contribution in [3.63, 3.8) is 0 Å². The zero-order valence-corrected chi connectivity index (χ0v) is 12.7.